The molecular weight excluding hydrogens is 286 g/mol. The van der Waals surface area contributed by atoms with Crippen molar-refractivity contribution in [1.29, 1.82) is 0 Å². The van der Waals surface area contributed by atoms with Gasteiger partial charge < -0.3 is 4.52 Å². The maximum atomic E-state index is 11.3. The van der Waals surface area contributed by atoms with Crippen LogP contribution >= 0.6 is 0 Å². The first-order chi connectivity index (χ1) is 10.8. The summed E-state index contributed by atoms with van der Waals surface area (Å²) in [5, 5.41) is 4.08. The molecule has 0 radical (unpaired) electrons. The van der Waals surface area contributed by atoms with E-state index in [1.165, 1.54) is 11.1 Å². The Morgan fingerprint density at radius 3 is 2.83 bits per heavy atom. The lowest BCUT2D eigenvalue weighted by Crippen LogP contribution is -2.53. The van der Waals surface area contributed by atoms with Crippen molar-refractivity contribution in [3.63, 3.8) is 0 Å². The van der Waals surface area contributed by atoms with E-state index in [-0.39, 0.29) is 16.2 Å². The zero-order valence-corrected chi connectivity index (χ0v) is 14.5. The van der Waals surface area contributed by atoms with Crippen LogP contribution in [0.4, 0.5) is 0 Å². The fourth-order valence-electron chi connectivity index (χ4n) is 5.97. The quantitative estimate of drug-likeness (QED) is 0.571. The fraction of sp³-hybridized carbons (Fsp3) is 0.600. The zero-order chi connectivity index (χ0) is 16.5. The van der Waals surface area contributed by atoms with Crippen LogP contribution in [0.3, 0.4) is 0 Å². The Morgan fingerprint density at radius 2 is 2.09 bits per heavy atom. The molecule has 1 aromatic rings. The molecule has 1 heterocycles. The fourth-order valence-corrected chi connectivity index (χ4v) is 5.97. The van der Waals surface area contributed by atoms with Crippen molar-refractivity contribution in [2.75, 3.05) is 0 Å². The van der Waals surface area contributed by atoms with Gasteiger partial charge in [-0.05, 0) is 42.6 Å². The number of allylic oxidation sites excluding steroid dienone is 4. The third-order valence-corrected chi connectivity index (χ3v) is 6.81. The topological polar surface area (TPSA) is 43.1 Å². The van der Waals surface area contributed by atoms with E-state index in [1.54, 1.807) is 0 Å². The standard InChI is InChI=1S/C20H25NO2/c1-18(2)15-7-8-19(3)9-13(12-22)5-6-16(19)20(15,4)10-14-11-21-23-17(14)18/h6,9,11-12,15H,5,7-8,10H2,1-4H3/t15-,19-,20-/m0/s1. The van der Waals surface area contributed by atoms with Crippen molar-refractivity contribution >= 4 is 6.29 Å². The normalized spacial score (nSPS) is 37.8. The monoisotopic (exact) mass is 311 g/mol. The van der Waals surface area contributed by atoms with E-state index in [9.17, 15) is 4.79 Å². The van der Waals surface area contributed by atoms with E-state index < -0.39 is 0 Å². The minimum atomic E-state index is -0.00431. The summed E-state index contributed by atoms with van der Waals surface area (Å²) in [5.74, 6) is 1.62. The minimum Gasteiger partial charge on any atom is -0.361 e. The van der Waals surface area contributed by atoms with Gasteiger partial charge in [-0.2, -0.15) is 0 Å². The lowest BCUT2D eigenvalue weighted by molar-refractivity contribution is -0.105. The molecule has 1 saturated carbocycles. The lowest BCUT2D eigenvalue weighted by Gasteiger charge is -2.58. The van der Waals surface area contributed by atoms with Crippen molar-refractivity contribution < 1.29 is 9.32 Å². The summed E-state index contributed by atoms with van der Waals surface area (Å²) in [6, 6.07) is 0. The molecule has 3 atom stereocenters. The predicted molar refractivity (Wildman–Crippen MR) is 89.0 cm³/mol. The Balaban J connectivity index is 1.86. The van der Waals surface area contributed by atoms with Gasteiger partial charge in [0.25, 0.3) is 0 Å². The van der Waals surface area contributed by atoms with Crippen LogP contribution in [-0.4, -0.2) is 11.4 Å². The molecule has 1 aromatic heterocycles. The Bertz CT molecular complexity index is 739. The number of hydrogen-bond acceptors (Lipinski definition) is 3. The molecule has 1 fully saturated rings. The molecule has 3 heteroatoms. The molecule has 0 N–H and O–H groups in total. The van der Waals surface area contributed by atoms with Gasteiger partial charge in [-0.3, -0.25) is 4.79 Å². The van der Waals surface area contributed by atoms with Gasteiger partial charge in [-0.25, -0.2) is 0 Å². The molecule has 122 valence electrons. The van der Waals surface area contributed by atoms with Gasteiger partial charge in [0.05, 0.1) is 6.20 Å². The number of aromatic nitrogens is 1. The molecule has 0 unspecified atom stereocenters. The molecule has 23 heavy (non-hydrogen) atoms. The molecule has 3 aliphatic rings. The number of rotatable bonds is 1. The molecule has 0 aliphatic heterocycles. The third kappa shape index (κ3) is 1.82. The predicted octanol–water partition coefficient (Wildman–Crippen LogP) is 4.39. The molecule has 0 aromatic carbocycles. The van der Waals surface area contributed by atoms with Crippen LogP contribution in [0.2, 0.25) is 0 Å². The van der Waals surface area contributed by atoms with E-state index in [4.69, 9.17) is 4.52 Å². The first-order valence-electron chi connectivity index (χ1n) is 8.63. The second-order valence-corrected chi connectivity index (χ2v) is 8.66. The summed E-state index contributed by atoms with van der Waals surface area (Å²) >= 11 is 0. The number of hydrogen-bond donors (Lipinski definition) is 0. The average molecular weight is 311 g/mol. The van der Waals surface area contributed by atoms with E-state index in [0.29, 0.717) is 5.92 Å². The second-order valence-electron chi connectivity index (χ2n) is 8.66. The Morgan fingerprint density at radius 1 is 1.30 bits per heavy atom. The molecular formula is C20H25NO2. The summed E-state index contributed by atoms with van der Waals surface area (Å²) < 4.78 is 5.63. The Kier molecular flexibility index (Phi) is 2.89. The highest BCUT2D eigenvalue weighted by Crippen LogP contribution is 2.64. The number of nitrogens with zero attached hydrogens (tertiary/aromatic N) is 1. The number of carbonyl (C=O) groups is 1. The SMILES string of the molecule is CC1(C)c2oncc2C[C@]2(C)C3=CCC(C=O)=C[C@]3(C)CC[C@@H]12. The van der Waals surface area contributed by atoms with Crippen molar-refractivity contribution in [2.45, 2.75) is 58.8 Å². The van der Waals surface area contributed by atoms with Crippen LogP contribution < -0.4 is 0 Å². The first kappa shape index (κ1) is 14.9. The second kappa shape index (κ2) is 4.46. The highest BCUT2D eigenvalue weighted by Gasteiger charge is 2.58. The van der Waals surface area contributed by atoms with Crippen LogP contribution in [0.5, 0.6) is 0 Å². The number of aldehydes is 1. The van der Waals surface area contributed by atoms with Gasteiger partial charge in [0.15, 0.2) is 0 Å². The maximum Gasteiger partial charge on any atom is 0.146 e. The number of carbonyl (C=O) groups excluding carboxylic acids is 1. The summed E-state index contributed by atoms with van der Waals surface area (Å²) in [5.41, 5.74) is 3.83. The van der Waals surface area contributed by atoms with Crippen molar-refractivity contribution in [3.8, 4) is 0 Å². The molecule has 0 spiro atoms. The summed E-state index contributed by atoms with van der Waals surface area (Å²) in [6.07, 6.45) is 11.5. The van der Waals surface area contributed by atoms with Crippen LogP contribution in [-0.2, 0) is 16.6 Å². The first-order valence-corrected chi connectivity index (χ1v) is 8.63. The molecule has 0 amide bonds. The lowest BCUT2D eigenvalue weighted by atomic mass is 9.45. The van der Waals surface area contributed by atoms with E-state index >= 15 is 0 Å². The van der Waals surface area contributed by atoms with Gasteiger partial charge in [-0.1, -0.05) is 50.6 Å². The summed E-state index contributed by atoms with van der Waals surface area (Å²) in [6.45, 7) is 9.33. The van der Waals surface area contributed by atoms with Crippen LogP contribution in [0.1, 0.15) is 58.3 Å². The summed E-state index contributed by atoms with van der Waals surface area (Å²) in [7, 11) is 0. The molecule has 4 rings (SSSR count). The van der Waals surface area contributed by atoms with Gasteiger partial charge in [0.1, 0.15) is 12.0 Å². The van der Waals surface area contributed by atoms with Gasteiger partial charge in [-0.15, -0.1) is 0 Å². The van der Waals surface area contributed by atoms with Crippen LogP contribution in [0, 0.1) is 16.7 Å². The molecule has 0 saturated heterocycles. The van der Waals surface area contributed by atoms with E-state index in [0.717, 1.165) is 43.3 Å². The van der Waals surface area contributed by atoms with Crippen molar-refractivity contribution in [3.05, 3.63) is 40.8 Å². The number of fused-ring (bicyclic) bond motifs is 4. The minimum absolute atomic E-state index is 0.00431. The van der Waals surface area contributed by atoms with Crippen LogP contribution in [0.25, 0.3) is 0 Å². The van der Waals surface area contributed by atoms with Gasteiger partial charge in [0, 0.05) is 16.4 Å². The van der Waals surface area contributed by atoms with Gasteiger partial charge in [0.2, 0.25) is 0 Å². The smallest absolute Gasteiger partial charge is 0.146 e. The third-order valence-electron chi connectivity index (χ3n) is 6.81. The molecule has 3 nitrogen and oxygen atoms in total. The highest BCUT2D eigenvalue weighted by molar-refractivity contribution is 5.75. The maximum absolute atomic E-state index is 11.3. The molecule has 0 bridgehead atoms. The molecule has 3 aliphatic carbocycles. The summed E-state index contributed by atoms with van der Waals surface area (Å²) in [4.78, 5) is 11.3. The zero-order valence-electron chi connectivity index (χ0n) is 14.5. The highest BCUT2D eigenvalue weighted by atomic mass is 16.5. The Hall–Kier alpha value is -1.64. The van der Waals surface area contributed by atoms with E-state index in [2.05, 4.69) is 45.0 Å². The van der Waals surface area contributed by atoms with Crippen molar-refractivity contribution in [2.24, 2.45) is 16.7 Å². The largest absolute Gasteiger partial charge is 0.361 e. The van der Waals surface area contributed by atoms with Crippen LogP contribution in [0.15, 0.2) is 34.0 Å². The van der Waals surface area contributed by atoms with Gasteiger partial charge >= 0.3 is 0 Å². The van der Waals surface area contributed by atoms with E-state index in [1.807, 2.05) is 6.20 Å². The average Bonchev–Trinajstić information content (AvgIpc) is 2.94. The Labute approximate surface area is 137 Å². The van der Waals surface area contributed by atoms with Crippen molar-refractivity contribution in [1.82, 2.24) is 5.16 Å².